The summed E-state index contributed by atoms with van der Waals surface area (Å²) in [5.74, 6) is 0.117. The quantitative estimate of drug-likeness (QED) is 0.390. The lowest BCUT2D eigenvalue weighted by atomic mass is 9.91. The van der Waals surface area contributed by atoms with Crippen LogP contribution in [0.25, 0.3) is 0 Å². The van der Waals surface area contributed by atoms with Crippen LogP contribution in [0.3, 0.4) is 0 Å². The summed E-state index contributed by atoms with van der Waals surface area (Å²) >= 11 is 0. The maximum Gasteiger partial charge on any atom is 0.160 e. The van der Waals surface area contributed by atoms with E-state index < -0.39 is 43.2 Å². The fourth-order valence-corrected chi connectivity index (χ4v) is 2.63. The highest BCUT2D eigenvalue weighted by molar-refractivity contribution is 5.42. The molecule has 6 N–H and O–H groups in total. The van der Waals surface area contributed by atoms with Gasteiger partial charge in [0.1, 0.15) is 24.4 Å². The first-order valence-corrected chi connectivity index (χ1v) is 7.24. The fraction of sp³-hybridized carbons (Fsp3) is 0.600. The Morgan fingerprint density at radius 2 is 1.78 bits per heavy atom. The van der Waals surface area contributed by atoms with Crippen molar-refractivity contribution in [3.63, 3.8) is 0 Å². The molecule has 0 spiro atoms. The zero-order chi connectivity index (χ0) is 17.1. The monoisotopic (exact) mass is 330 g/mol. The number of phenolic OH excluding ortho intramolecular Hbond substituents is 1. The second-order valence-electron chi connectivity index (χ2n) is 5.55. The van der Waals surface area contributed by atoms with Crippen LogP contribution in [-0.4, -0.2) is 74.9 Å². The second kappa shape index (κ2) is 7.43. The number of methoxy groups -OCH3 is 1. The van der Waals surface area contributed by atoms with Gasteiger partial charge in [-0.05, 0) is 17.7 Å². The number of aliphatic hydroxyl groups is 5. The Kier molecular flexibility index (Phi) is 5.79. The van der Waals surface area contributed by atoms with E-state index in [0.717, 1.165) is 0 Å². The van der Waals surface area contributed by atoms with Crippen molar-refractivity contribution in [1.82, 2.24) is 0 Å². The topological polar surface area (TPSA) is 140 Å². The minimum Gasteiger partial charge on any atom is -0.504 e. The molecular formula is C15H22O8. The van der Waals surface area contributed by atoms with Crippen LogP contribution < -0.4 is 4.74 Å². The van der Waals surface area contributed by atoms with Gasteiger partial charge in [-0.25, -0.2) is 0 Å². The Morgan fingerprint density at radius 3 is 2.39 bits per heavy atom. The molecule has 0 saturated carbocycles. The molecule has 6 atom stereocenters. The van der Waals surface area contributed by atoms with Gasteiger partial charge in [-0.3, -0.25) is 0 Å². The molecule has 0 aromatic heterocycles. The molecule has 8 heteroatoms. The molecule has 130 valence electrons. The number of hydrogen-bond acceptors (Lipinski definition) is 8. The number of phenols is 1. The second-order valence-corrected chi connectivity index (χ2v) is 5.55. The van der Waals surface area contributed by atoms with Crippen LogP contribution in [-0.2, 0) is 4.74 Å². The molecule has 1 fully saturated rings. The molecule has 0 amide bonds. The molecule has 8 nitrogen and oxygen atoms in total. The molecule has 1 aromatic rings. The number of benzene rings is 1. The van der Waals surface area contributed by atoms with Crippen molar-refractivity contribution >= 4 is 0 Å². The Hall–Kier alpha value is -1.42. The smallest absolute Gasteiger partial charge is 0.160 e. The van der Waals surface area contributed by atoms with Gasteiger partial charge in [0.05, 0.1) is 25.9 Å². The summed E-state index contributed by atoms with van der Waals surface area (Å²) in [7, 11) is 1.38. The molecule has 0 radical (unpaired) electrons. The van der Waals surface area contributed by atoms with Gasteiger partial charge in [0, 0.05) is 6.42 Å². The van der Waals surface area contributed by atoms with Crippen molar-refractivity contribution in [1.29, 1.82) is 0 Å². The average Bonchev–Trinajstić information content (AvgIpc) is 2.55. The summed E-state index contributed by atoms with van der Waals surface area (Å²) in [6.07, 6.45) is -7.44. The zero-order valence-electron chi connectivity index (χ0n) is 12.6. The van der Waals surface area contributed by atoms with Gasteiger partial charge >= 0.3 is 0 Å². The van der Waals surface area contributed by atoms with Crippen molar-refractivity contribution in [2.24, 2.45) is 0 Å². The van der Waals surface area contributed by atoms with E-state index in [1.165, 1.54) is 25.3 Å². The highest BCUT2D eigenvalue weighted by Gasteiger charge is 2.43. The molecule has 0 aliphatic carbocycles. The predicted octanol–water partition coefficient (Wildman–Crippen LogP) is -1.33. The third kappa shape index (κ3) is 3.74. The fourth-order valence-electron chi connectivity index (χ4n) is 2.63. The number of aliphatic hydroxyl groups excluding tert-OH is 5. The van der Waals surface area contributed by atoms with Gasteiger partial charge in [-0.1, -0.05) is 6.07 Å². The normalized spacial score (nSPS) is 32.5. The summed E-state index contributed by atoms with van der Waals surface area (Å²) in [6, 6.07) is 4.31. The molecule has 1 heterocycles. The first-order valence-electron chi connectivity index (χ1n) is 7.24. The third-order valence-corrected chi connectivity index (χ3v) is 4.04. The van der Waals surface area contributed by atoms with Gasteiger partial charge in [-0.15, -0.1) is 0 Å². The van der Waals surface area contributed by atoms with Crippen LogP contribution in [0.1, 0.15) is 18.1 Å². The van der Waals surface area contributed by atoms with Crippen LogP contribution >= 0.6 is 0 Å². The van der Waals surface area contributed by atoms with Crippen molar-refractivity contribution in [3.8, 4) is 11.5 Å². The molecule has 1 aromatic carbocycles. The van der Waals surface area contributed by atoms with Crippen LogP contribution in [0.4, 0.5) is 0 Å². The summed E-state index contributed by atoms with van der Waals surface area (Å²) in [4.78, 5) is 0. The Balaban J connectivity index is 2.11. The number of ether oxygens (including phenoxy) is 2. The van der Waals surface area contributed by atoms with Gasteiger partial charge in [0.2, 0.25) is 0 Å². The van der Waals surface area contributed by atoms with Gasteiger partial charge in [0.25, 0.3) is 0 Å². The summed E-state index contributed by atoms with van der Waals surface area (Å²) < 4.78 is 10.3. The highest BCUT2D eigenvalue weighted by Crippen LogP contribution is 2.32. The summed E-state index contributed by atoms with van der Waals surface area (Å²) in [6.45, 7) is -0.523. The maximum atomic E-state index is 10.3. The Bertz CT molecular complexity index is 520. The zero-order valence-corrected chi connectivity index (χ0v) is 12.6. The largest absolute Gasteiger partial charge is 0.504 e. The van der Waals surface area contributed by atoms with Gasteiger partial charge < -0.3 is 40.1 Å². The highest BCUT2D eigenvalue weighted by atomic mass is 16.5. The first-order chi connectivity index (χ1) is 10.9. The minimum absolute atomic E-state index is 0.0729. The van der Waals surface area contributed by atoms with Crippen molar-refractivity contribution in [2.45, 2.75) is 43.0 Å². The number of hydrogen-bond donors (Lipinski definition) is 6. The van der Waals surface area contributed by atoms with E-state index in [4.69, 9.17) is 14.6 Å². The lowest BCUT2D eigenvalue weighted by Gasteiger charge is -2.40. The molecular weight excluding hydrogens is 308 g/mol. The molecule has 1 aliphatic rings. The number of rotatable bonds is 5. The van der Waals surface area contributed by atoms with E-state index in [2.05, 4.69) is 0 Å². The summed E-state index contributed by atoms with van der Waals surface area (Å²) in [5.41, 5.74) is 0.427. The predicted molar refractivity (Wildman–Crippen MR) is 78.0 cm³/mol. The maximum absolute atomic E-state index is 10.3. The van der Waals surface area contributed by atoms with E-state index in [9.17, 15) is 25.5 Å². The molecule has 1 unspecified atom stereocenters. The van der Waals surface area contributed by atoms with E-state index in [1.807, 2.05) is 0 Å². The van der Waals surface area contributed by atoms with Crippen molar-refractivity contribution in [3.05, 3.63) is 23.8 Å². The molecule has 1 aliphatic heterocycles. The lowest BCUT2D eigenvalue weighted by Crippen LogP contribution is -2.58. The molecule has 1 saturated heterocycles. The van der Waals surface area contributed by atoms with E-state index in [-0.39, 0.29) is 17.9 Å². The minimum atomic E-state index is -1.48. The van der Waals surface area contributed by atoms with Crippen LogP contribution in [0.15, 0.2) is 18.2 Å². The Labute approximate surface area is 133 Å². The van der Waals surface area contributed by atoms with Gasteiger partial charge in [-0.2, -0.15) is 0 Å². The number of aromatic hydroxyl groups is 1. The van der Waals surface area contributed by atoms with E-state index in [1.54, 1.807) is 0 Å². The van der Waals surface area contributed by atoms with Crippen LogP contribution in [0.5, 0.6) is 11.5 Å². The van der Waals surface area contributed by atoms with E-state index >= 15 is 0 Å². The van der Waals surface area contributed by atoms with Crippen LogP contribution in [0.2, 0.25) is 0 Å². The summed E-state index contributed by atoms with van der Waals surface area (Å²) in [5, 5.41) is 58.4. The van der Waals surface area contributed by atoms with Crippen molar-refractivity contribution in [2.75, 3.05) is 13.7 Å². The molecule has 0 bridgehead atoms. The molecule has 23 heavy (non-hydrogen) atoms. The first kappa shape index (κ1) is 17.9. The average molecular weight is 330 g/mol. The molecule has 2 rings (SSSR count). The Morgan fingerprint density at radius 1 is 1.13 bits per heavy atom. The van der Waals surface area contributed by atoms with Gasteiger partial charge in [0.15, 0.2) is 11.5 Å². The lowest BCUT2D eigenvalue weighted by molar-refractivity contribution is -0.234. The van der Waals surface area contributed by atoms with Crippen molar-refractivity contribution < 1.29 is 40.1 Å². The SMILES string of the molecule is COc1cc(C(O)C[C@H]2O[C@H](CO)[C@@H](O)[C@H](O)[C@H]2O)ccc1O. The third-order valence-electron chi connectivity index (χ3n) is 4.04. The standard InChI is InChI=1S/C15H22O8/c1-22-10-4-7(2-3-8(10)17)9(18)5-11-13(19)15(21)14(20)12(6-16)23-11/h2-4,9,11-21H,5-6H2,1H3/t9?,11-,12-,13+,14-,15-/m1/s1. The van der Waals surface area contributed by atoms with Crippen LogP contribution in [0, 0.1) is 0 Å². The van der Waals surface area contributed by atoms with E-state index in [0.29, 0.717) is 5.56 Å².